The van der Waals surface area contributed by atoms with E-state index >= 15 is 0 Å². The van der Waals surface area contributed by atoms with Gasteiger partial charge in [0.05, 0.1) is 5.69 Å². The normalized spacial score (nSPS) is 11.9. The number of hydrogen-bond donors (Lipinski definition) is 4. The van der Waals surface area contributed by atoms with Gasteiger partial charge in [-0.1, -0.05) is 48.0 Å². The average Bonchev–Trinajstić information content (AvgIpc) is 2.85. The van der Waals surface area contributed by atoms with Crippen LogP contribution in [0.25, 0.3) is 11.1 Å². The van der Waals surface area contributed by atoms with Crippen molar-refractivity contribution in [2.24, 2.45) is 0 Å². The predicted molar refractivity (Wildman–Crippen MR) is 156 cm³/mol. The number of nitrogens with one attached hydrogen (secondary N) is 1. The lowest BCUT2D eigenvalue weighted by Crippen LogP contribution is -2.05. The molecule has 0 unspecified atom stereocenters. The zero-order valence-corrected chi connectivity index (χ0v) is 25.0. The van der Waals surface area contributed by atoms with E-state index in [1.165, 1.54) is 30.3 Å². The third kappa shape index (κ3) is 8.45. The molecule has 10 nitrogen and oxygen atoms in total. The predicted octanol–water partition coefficient (Wildman–Crippen LogP) is 5.76. The highest BCUT2D eigenvalue weighted by Crippen LogP contribution is 2.33. The number of aryl methyl sites for hydroxylation is 4. The molecule has 4 N–H and O–H groups in total. The van der Waals surface area contributed by atoms with Crippen LogP contribution in [-0.2, 0) is 30.4 Å². The molecule has 0 atom stereocenters. The van der Waals surface area contributed by atoms with Crippen molar-refractivity contribution in [3.05, 3.63) is 101 Å². The van der Waals surface area contributed by atoms with Gasteiger partial charge in [-0.05, 0) is 80.8 Å². The third-order valence-corrected chi connectivity index (χ3v) is 8.55. The summed E-state index contributed by atoms with van der Waals surface area (Å²) in [5.41, 5.74) is 4.16. The quantitative estimate of drug-likeness (QED) is 0.194. The van der Waals surface area contributed by atoms with Gasteiger partial charge in [-0.15, -0.1) is 0 Å². The summed E-state index contributed by atoms with van der Waals surface area (Å²) in [5, 5.41) is 2.99. The van der Waals surface area contributed by atoms with Crippen LogP contribution in [-0.4, -0.2) is 38.9 Å². The molecule has 0 aliphatic carbocycles. The Bertz CT molecular complexity index is 1840. The Morgan fingerprint density at radius 3 is 1.20 bits per heavy atom. The van der Waals surface area contributed by atoms with Gasteiger partial charge in [-0.25, -0.2) is 0 Å². The highest BCUT2D eigenvalue weighted by atomic mass is 32.2. The molecule has 0 aromatic heterocycles. The van der Waals surface area contributed by atoms with Crippen molar-refractivity contribution >= 4 is 41.7 Å². The van der Waals surface area contributed by atoms with Crippen LogP contribution in [0.1, 0.15) is 22.3 Å². The molecule has 0 saturated heterocycles. The lowest BCUT2D eigenvalue weighted by atomic mass is 10.0. The molecule has 4 rings (SSSR count). The topological polar surface area (TPSA) is 175 Å². The Morgan fingerprint density at radius 2 is 0.805 bits per heavy atom. The Hall–Kier alpha value is -3.59. The zero-order chi connectivity index (χ0) is 30.8. The molecule has 0 bridgehead atoms. The molecule has 13 heteroatoms. The van der Waals surface area contributed by atoms with Crippen LogP contribution in [0.3, 0.4) is 0 Å². The highest BCUT2D eigenvalue weighted by Gasteiger charge is 2.23. The fourth-order valence-corrected chi connectivity index (χ4v) is 6.18. The van der Waals surface area contributed by atoms with Gasteiger partial charge in [0.25, 0.3) is 30.4 Å². The van der Waals surface area contributed by atoms with E-state index in [9.17, 15) is 38.9 Å². The minimum Gasteiger partial charge on any atom is -0.354 e. The van der Waals surface area contributed by atoms with E-state index in [1.807, 2.05) is 31.2 Å². The number of hydrogen-bond acceptors (Lipinski definition) is 7. The molecule has 4 aromatic rings. The van der Waals surface area contributed by atoms with Gasteiger partial charge in [0.2, 0.25) is 0 Å². The molecule has 0 spiro atoms. The van der Waals surface area contributed by atoms with E-state index in [4.69, 9.17) is 0 Å². The first-order chi connectivity index (χ1) is 18.9. The lowest BCUT2D eigenvalue weighted by molar-refractivity contribution is 0.480. The molecule has 41 heavy (non-hydrogen) atoms. The van der Waals surface area contributed by atoms with E-state index in [1.54, 1.807) is 45.0 Å². The smallest absolute Gasteiger partial charge is 0.296 e. The van der Waals surface area contributed by atoms with E-state index in [0.717, 1.165) is 16.8 Å². The summed E-state index contributed by atoms with van der Waals surface area (Å²) in [7, 11) is -13.4. The SMILES string of the molecule is Cc1ccc(-c2ccc(C)cc2S(=O)(=O)O)c(S(=O)(=O)O)c1.Cc1ccc(Nc2ccc(C)cc2S(=O)(=O)O)cc1. The molecule has 0 aliphatic heterocycles. The Labute approximate surface area is 240 Å². The third-order valence-electron chi connectivity index (χ3n) is 5.87. The summed E-state index contributed by atoms with van der Waals surface area (Å²) in [6.45, 7) is 7.01. The molecule has 0 fully saturated rings. The second-order valence-electron chi connectivity index (χ2n) is 9.42. The zero-order valence-electron chi connectivity index (χ0n) is 22.5. The van der Waals surface area contributed by atoms with Crippen molar-refractivity contribution in [2.75, 3.05) is 5.32 Å². The van der Waals surface area contributed by atoms with Gasteiger partial charge >= 0.3 is 0 Å². The number of anilines is 2. The van der Waals surface area contributed by atoms with E-state index in [0.29, 0.717) is 16.8 Å². The standard InChI is InChI=1S/C14H15NO3S.C14H14O6S2/c1-10-3-6-12(7-4-10)15-13-8-5-11(2)9-14(13)19(16,17)18;1-9-3-5-11(13(7-9)21(15,16)17)12-6-4-10(2)8-14(12)22(18,19)20/h3-9,15H,1-2H3,(H,16,17,18);3-8H,1-2H3,(H,15,16,17)(H,18,19,20). The van der Waals surface area contributed by atoms with Crippen LogP contribution >= 0.6 is 0 Å². The summed E-state index contributed by atoms with van der Waals surface area (Å²) >= 11 is 0. The molecule has 0 saturated carbocycles. The minimum absolute atomic E-state index is 0.000671. The molecule has 0 heterocycles. The van der Waals surface area contributed by atoms with Crippen LogP contribution in [0.4, 0.5) is 11.4 Å². The number of benzene rings is 4. The van der Waals surface area contributed by atoms with Gasteiger partial charge in [-0.3, -0.25) is 13.7 Å². The van der Waals surface area contributed by atoms with Crippen molar-refractivity contribution in [3.8, 4) is 11.1 Å². The largest absolute Gasteiger partial charge is 0.354 e. The molecular formula is C28H29NO9S3. The van der Waals surface area contributed by atoms with E-state index in [2.05, 4.69) is 5.32 Å². The van der Waals surface area contributed by atoms with Crippen molar-refractivity contribution in [3.63, 3.8) is 0 Å². The van der Waals surface area contributed by atoms with Crippen LogP contribution in [0.15, 0.2) is 93.5 Å². The Morgan fingerprint density at radius 1 is 0.463 bits per heavy atom. The molecule has 0 radical (unpaired) electrons. The van der Waals surface area contributed by atoms with Crippen LogP contribution in [0.2, 0.25) is 0 Å². The van der Waals surface area contributed by atoms with Gasteiger partial charge in [-0.2, -0.15) is 25.3 Å². The van der Waals surface area contributed by atoms with Crippen LogP contribution in [0, 0.1) is 27.7 Å². The monoisotopic (exact) mass is 619 g/mol. The molecule has 0 amide bonds. The summed E-state index contributed by atoms with van der Waals surface area (Å²) < 4.78 is 96.9. The second kappa shape index (κ2) is 12.1. The van der Waals surface area contributed by atoms with Crippen molar-refractivity contribution in [1.82, 2.24) is 0 Å². The van der Waals surface area contributed by atoms with E-state index in [-0.39, 0.29) is 16.0 Å². The summed E-state index contributed by atoms with van der Waals surface area (Å²) in [4.78, 5) is -0.949. The number of rotatable bonds is 6. The minimum atomic E-state index is -4.55. The summed E-state index contributed by atoms with van der Waals surface area (Å²) in [6, 6.07) is 20.8. The molecule has 4 aromatic carbocycles. The van der Waals surface area contributed by atoms with Crippen molar-refractivity contribution in [1.29, 1.82) is 0 Å². The van der Waals surface area contributed by atoms with Crippen LogP contribution in [0.5, 0.6) is 0 Å². The second-order valence-corrected chi connectivity index (χ2v) is 13.6. The van der Waals surface area contributed by atoms with Crippen molar-refractivity contribution < 1.29 is 38.9 Å². The first-order valence-electron chi connectivity index (χ1n) is 11.9. The van der Waals surface area contributed by atoms with Gasteiger partial charge in [0, 0.05) is 16.8 Å². The fourth-order valence-electron chi connectivity index (χ4n) is 3.87. The summed E-state index contributed by atoms with van der Waals surface area (Å²) in [5.74, 6) is 0. The Balaban J connectivity index is 0.000000228. The van der Waals surface area contributed by atoms with Crippen LogP contribution < -0.4 is 5.32 Å². The van der Waals surface area contributed by atoms with Gasteiger partial charge in [0.1, 0.15) is 14.7 Å². The maximum atomic E-state index is 11.6. The maximum Gasteiger partial charge on any atom is 0.296 e. The fraction of sp³-hybridized carbons (Fsp3) is 0.143. The van der Waals surface area contributed by atoms with Gasteiger partial charge < -0.3 is 5.32 Å². The highest BCUT2D eigenvalue weighted by molar-refractivity contribution is 7.86. The lowest BCUT2D eigenvalue weighted by Gasteiger charge is -2.12. The van der Waals surface area contributed by atoms with Gasteiger partial charge in [0.15, 0.2) is 0 Å². The molecule has 0 aliphatic rings. The Kier molecular flexibility index (Phi) is 9.43. The van der Waals surface area contributed by atoms with E-state index < -0.39 is 40.1 Å². The van der Waals surface area contributed by atoms with Crippen molar-refractivity contribution in [2.45, 2.75) is 42.4 Å². The molecular weight excluding hydrogens is 591 g/mol. The maximum absolute atomic E-state index is 11.6. The molecule has 218 valence electrons. The first-order valence-corrected chi connectivity index (χ1v) is 16.3. The average molecular weight is 620 g/mol. The first kappa shape index (κ1) is 31.9. The summed E-state index contributed by atoms with van der Waals surface area (Å²) in [6.07, 6.45) is 0.